The molecule has 0 spiro atoms. The van der Waals surface area contributed by atoms with E-state index < -0.39 is 22.8 Å². The number of ketones is 3. The van der Waals surface area contributed by atoms with E-state index in [2.05, 4.69) is 4.98 Å². The van der Waals surface area contributed by atoms with Gasteiger partial charge in [0.15, 0.2) is 17.3 Å². The minimum Gasteiger partial charge on any atom is -0.385 e. The lowest BCUT2D eigenvalue weighted by Crippen LogP contribution is -2.35. The summed E-state index contributed by atoms with van der Waals surface area (Å²) < 4.78 is 31.9. The Kier molecular flexibility index (Phi) is 6.25. The van der Waals surface area contributed by atoms with Crippen molar-refractivity contribution in [3.8, 4) is 0 Å². The van der Waals surface area contributed by atoms with Crippen LogP contribution in [0.4, 0.5) is 8.78 Å². The normalized spacial score (nSPS) is 25.1. The van der Waals surface area contributed by atoms with E-state index in [-0.39, 0.29) is 41.1 Å². The number of alkyl halides is 3. The van der Waals surface area contributed by atoms with Gasteiger partial charge in [-0.1, -0.05) is 0 Å². The molecule has 1 aromatic rings. The zero-order valence-corrected chi connectivity index (χ0v) is 16.3. The smallest absolute Gasteiger partial charge is 0.364 e. The lowest BCUT2D eigenvalue weighted by Gasteiger charge is -2.19. The number of aromatic nitrogens is 1. The fourth-order valence-corrected chi connectivity index (χ4v) is 4.25. The standard InChI is InChI=1S/C20H22ClF2NO4/c1-28-10-2-3-14-13(8-9-15(24-14)20(21,22)23)19(27)16-17(25)11-4-5-12(7-6-11)18(16)26/h8-9,11-12,16H,2-7,10H2,1H3. The molecule has 4 rings (SSSR count). The SMILES string of the molecule is COCCCc1nc(C(F)(F)Cl)ccc1C(=O)C1C(=O)C2CCC(CC2)C1=O. The lowest BCUT2D eigenvalue weighted by atomic mass is 9.84. The fraction of sp³-hybridized carbons (Fsp3) is 0.600. The molecule has 0 N–H and O–H groups in total. The Labute approximate surface area is 166 Å². The quantitative estimate of drug-likeness (QED) is 0.295. The molecule has 3 aliphatic rings. The van der Waals surface area contributed by atoms with Crippen molar-refractivity contribution in [2.75, 3.05) is 13.7 Å². The summed E-state index contributed by atoms with van der Waals surface area (Å²) in [6, 6.07) is 2.18. The zero-order chi connectivity index (χ0) is 20.5. The third kappa shape index (κ3) is 4.15. The van der Waals surface area contributed by atoms with Crippen LogP contribution in [-0.2, 0) is 26.1 Å². The third-order valence-corrected chi connectivity index (χ3v) is 5.85. The van der Waals surface area contributed by atoms with Gasteiger partial charge in [-0.15, -0.1) is 0 Å². The van der Waals surface area contributed by atoms with Gasteiger partial charge in [-0.05, 0) is 62.3 Å². The number of fused-ring (bicyclic) bond motifs is 4. The first-order valence-electron chi connectivity index (χ1n) is 9.41. The monoisotopic (exact) mass is 413 g/mol. The number of halogens is 3. The first kappa shape index (κ1) is 21.0. The topological polar surface area (TPSA) is 73.3 Å². The van der Waals surface area contributed by atoms with Crippen LogP contribution in [-0.4, -0.2) is 36.1 Å². The first-order valence-corrected chi connectivity index (χ1v) is 9.79. The average molecular weight is 414 g/mol. The Bertz CT molecular complexity index is 761. The molecule has 8 heteroatoms. The second kappa shape index (κ2) is 8.33. The molecule has 2 bridgehead atoms. The van der Waals surface area contributed by atoms with Crippen molar-refractivity contribution >= 4 is 29.0 Å². The Hall–Kier alpha value is -1.73. The van der Waals surface area contributed by atoms with E-state index in [1.165, 1.54) is 13.2 Å². The van der Waals surface area contributed by atoms with E-state index in [9.17, 15) is 23.2 Å². The van der Waals surface area contributed by atoms with Crippen molar-refractivity contribution in [1.29, 1.82) is 0 Å². The average Bonchev–Trinajstić information content (AvgIpc) is 2.85. The van der Waals surface area contributed by atoms with Gasteiger partial charge < -0.3 is 4.74 Å². The number of pyridine rings is 1. The van der Waals surface area contributed by atoms with E-state index in [1.807, 2.05) is 0 Å². The number of aryl methyl sites for hydroxylation is 1. The van der Waals surface area contributed by atoms with Crippen molar-refractivity contribution in [2.45, 2.75) is 43.9 Å². The molecule has 28 heavy (non-hydrogen) atoms. The molecule has 1 heterocycles. The van der Waals surface area contributed by atoms with Gasteiger partial charge in [-0.25, -0.2) is 4.98 Å². The second-order valence-corrected chi connectivity index (χ2v) is 7.91. The van der Waals surface area contributed by atoms with Crippen LogP contribution >= 0.6 is 11.6 Å². The number of Topliss-reactive ketones (excluding diaryl/α,β-unsaturated/α-hetero) is 3. The van der Waals surface area contributed by atoms with Crippen molar-refractivity contribution < 1.29 is 27.9 Å². The van der Waals surface area contributed by atoms with Gasteiger partial charge in [0.2, 0.25) is 0 Å². The van der Waals surface area contributed by atoms with Crippen LogP contribution in [0.25, 0.3) is 0 Å². The highest BCUT2D eigenvalue weighted by Gasteiger charge is 2.47. The minimum atomic E-state index is -3.68. The summed E-state index contributed by atoms with van der Waals surface area (Å²) in [5.41, 5.74) is -0.525. The Morgan fingerprint density at radius 2 is 1.75 bits per heavy atom. The highest BCUT2D eigenvalue weighted by Crippen LogP contribution is 2.39. The summed E-state index contributed by atoms with van der Waals surface area (Å²) >= 11 is 5.07. The maximum Gasteiger partial charge on any atom is 0.364 e. The zero-order valence-electron chi connectivity index (χ0n) is 15.6. The third-order valence-electron chi connectivity index (χ3n) is 5.66. The molecule has 1 aromatic heterocycles. The second-order valence-electron chi connectivity index (χ2n) is 7.44. The number of hydrogen-bond donors (Lipinski definition) is 0. The van der Waals surface area contributed by atoms with Gasteiger partial charge in [-0.3, -0.25) is 14.4 Å². The lowest BCUT2D eigenvalue weighted by molar-refractivity contribution is -0.132. The van der Waals surface area contributed by atoms with Crippen LogP contribution < -0.4 is 0 Å². The molecule has 3 fully saturated rings. The summed E-state index contributed by atoms with van der Waals surface area (Å²) in [5, 5.41) is -3.68. The number of hydrogen-bond acceptors (Lipinski definition) is 5. The number of methoxy groups -OCH3 is 1. The van der Waals surface area contributed by atoms with E-state index in [0.29, 0.717) is 38.7 Å². The van der Waals surface area contributed by atoms with Crippen molar-refractivity contribution in [2.24, 2.45) is 17.8 Å². The van der Waals surface area contributed by atoms with Crippen LogP contribution in [0.3, 0.4) is 0 Å². The van der Waals surface area contributed by atoms with E-state index in [0.717, 1.165) is 6.07 Å². The molecule has 3 aliphatic carbocycles. The number of ether oxygens (including phenoxy) is 1. The fourth-order valence-electron chi connectivity index (χ4n) is 4.15. The van der Waals surface area contributed by atoms with E-state index in [4.69, 9.17) is 16.3 Å². The van der Waals surface area contributed by atoms with E-state index in [1.54, 1.807) is 0 Å². The van der Waals surface area contributed by atoms with Crippen LogP contribution in [0.5, 0.6) is 0 Å². The Morgan fingerprint density at radius 1 is 1.18 bits per heavy atom. The summed E-state index contributed by atoms with van der Waals surface area (Å²) in [5.74, 6) is -3.25. The highest BCUT2D eigenvalue weighted by atomic mass is 35.5. The molecule has 3 saturated carbocycles. The molecule has 152 valence electrons. The molecular weight excluding hydrogens is 392 g/mol. The largest absolute Gasteiger partial charge is 0.385 e. The minimum absolute atomic E-state index is 0.0359. The molecule has 0 unspecified atom stereocenters. The van der Waals surface area contributed by atoms with Crippen LogP contribution in [0.15, 0.2) is 12.1 Å². The maximum absolute atomic E-state index is 13.5. The molecule has 0 radical (unpaired) electrons. The van der Waals surface area contributed by atoms with Crippen LogP contribution in [0.1, 0.15) is 53.8 Å². The van der Waals surface area contributed by atoms with Gasteiger partial charge in [0.05, 0.1) is 5.69 Å². The summed E-state index contributed by atoms with van der Waals surface area (Å²) in [6.07, 6.45) is 3.12. The molecule has 5 nitrogen and oxygen atoms in total. The van der Waals surface area contributed by atoms with Crippen molar-refractivity contribution in [3.05, 3.63) is 29.1 Å². The summed E-state index contributed by atoms with van der Waals surface area (Å²) in [4.78, 5) is 42.7. The van der Waals surface area contributed by atoms with Gasteiger partial charge in [-0.2, -0.15) is 8.78 Å². The number of nitrogens with zero attached hydrogens (tertiary/aromatic N) is 1. The molecule has 0 aromatic carbocycles. The van der Waals surface area contributed by atoms with Crippen molar-refractivity contribution in [3.63, 3.8) is 0 Å². The predicted molar refractivity (Wildman–Crippen MR) is 97.5 cm³/mol. The highest BCUT2D eigenvalue weighted by molar-refractivity contribution is 6.26. The van der Waals surface area contributed by atoms with Gasteiger partial charge in [0, 0.05) is 31.1 Å². The molecular formula is C20H22ClF2NO4. The summed E-state index contributed by atoms with van der Waals surface area (Å²) in [6.45, 7) is 0.349. The maximum atomic E-state index is 13.5. The van der Waals surface area contributed by atoms with Crippen LogP contribution in [0, 0.1) is 17.8 Å². The molecule has 0 amide bonds. The van der Waals surface area contributed by atoms with Gasteiger partial charge in [0.1, 0.15) is 11.6 Å². The summed E-state index contributed by atoms with van der Waals surface area (Å²) in [7, 11) is 1.50. The Morgan fingerprint density at radius 3 is 2.25 bits per heavy atom. The molecule has 0 atom stereocenters. The number of rotatable bonds is 7. The number of carbonyl (C=O) groups excluding carboxylic acids is 3. The number of carbonyl (C=O) groups is 3. The van der Waals surface area contributed by atoms with E-state index >= 15 is 0 Å². The molecule has 0 aliphatic heterocycles. The predicted octanol–water partition coefficient (Wildman–Crippen LogP) is 3.71. The Balaban J connectivity index is 1.97. The van der Waals surface area contributed by atoms with Gasteiger partial charge in [0.25, 0.3) is 0 Å². The van der Waals surface area contributed by atoms with Crippen LogP contribution in [0.2, 0.25) is 0 Å². The molecule has 0 saturated heterocycles. The van der Waals surface area contributed by atoms with Crippen molar-refractivity contribution in [1.82, 2.24) is 4.98 Å². The van der Waals surface area contributed by atoms with Gasteiger partial charge >= 0.3 is 5.38 Å². The first-order chi connectivity index (χ1) is 13.2.